The number of hydrogen-bond acceptors (Lipinski definition) is 2. The summed E-state index contributed by atoms with van der Waals surface area (Å²) >= 11 is 5.83. The lowest BCUT2D eigenvalue weighted by Gasteiger charge is -2.30. The largest absolute Gasteiger partial charge is 0.371 e. The second-order valence-electron chi connectivity index (χ2n) is 3.59. The third-order valence-electron chi connectivity index (χ3n) is 2.52. The maximum atomic E-state index is 5.83. The molecule has 1 saturated heterocycles. The van der Waals surface area contributed by atoms with E-state index >= 15 is 0 Å². The van der Waals surface area contributed by atoms with Gasteiger partial charge in [0.2, 0.25) is 0 Å². The van der Waals surface area contributed by atoms with Crippen LogP contribution in [0.4, 0.5) is 0 Å². The third kappa shape index (κ3) is 2.08. The van der Waals surface area contributed by atoms with Crippen molar-refractivity contribution in [2.24, 2.45) is 0 Å². The van der Waals surface area contributed by atoms with Gasteiger partial charge in [0.25, 0.3) is 0 Å². The van der Waals surface area contributed by atoms with Crippen LogP contribution < -0.4 is 5.32 Å². The van der Waals surface area contributed by atoms with E-state index in [0.29, 0.717) is 6.04 Å². The highest BCUT2D eigenvalue weighted by atomic mass is 35.5. The van der Waals surface area contributed by atoms with E-state index < -0.39 is 0 Å². The first-order chi connectivity index (χ1) is 6.77. The molecule has 1 aromatic carbocycles. The summed E-state index contributed by atoms with van der Waals surface area (Å²) in [5.41, 5.74) is 1.19. The average Bonchev–Trinajstić information content (AvgIpc) is 2.20. The molecule has 2 atom stereocenters. The van der Waals surface area contributed by atoms with Crippen molar-refractivity contribution >= 4 is 11.6 Å². The standard InChI is InChI=1S/C11H14ClNO/c1-8-11(14-7-6-13-8)9-2-4-10(12)5-3-9/h2-5,8,11,13H,6-7H2,1H3/t8-,11-/m1/s1. The molecule has 0 amide bonds. The lowest BCUT2D eigenvalue weighted by Crippen LogP contribution is -2.41. The van der Waals surface area contributed by atoms with Gasteiger partial charge in [-0.3, -0.25) is 0 Å². The normalized spacial score (nSPS) is 27.6. The summed E-state index contributed by atoms with van der Waals surface area (Å²) < 4.78 is 5.71. The van der Waals surface area contributed by atoms with Gasteiger partial charge in [-0.2, -0.15) is 0 Å². The van der Waals surface area contributed by atoms with Gasteiger partial charge in [-0.15, -0.1) is 0 Å². The van der Waals surface area contributed by atoms with Gasteiger partial charge < -0.3 is 10.1 Å². The first kappa shape index (κ1) is 9.97. The van der Waals surface area contributed by atoms with Gasteiger partial charge in [0.1, 0.15) is 0 Å². The fourth-order valence-electron chi connectivity index (χ4n) is 1.76. The zero-order chi connectivity index (χ0) is 9.97. The molecule has 1 aromatic rings. The molecule has 3 heteroatoms. The molecule has 0 saturated carbocycles. The van der Waals surface area contributed by atoms with Crippen LogP contribution in [0.25, 0.3) is 0 Å². The highest BCUT2D eigenvalue weighted by molar-refractivity contribution is 6.30. The van der Waals surface area contributed by atoms with Crippen LogP contribution in [0, 0.1) is 0 Å². The van der Waals surface area contributed by atoms with Crippen LogP contribution >= 0.6 is 11.6 Å². The lowest BCUT2D eigenvalue weighted by molar-refractivity contribution is -0.000220. The van der Waals surface area contributed by atoms with Crippen molar-refractivity contribution in [2.75, 3.05) is 13.2 Å². The number of rotatable bonds is 1. The Morgan fingerprint density at radius 3 is 2.71 bits per heavy atom. The fraction of sp³-hybridized carbons (Fsp3) is 0.455. The molecule has 1 aliphatic rings. The minimum absolute atomic E-state index is 0.154. The van der Waals surface area contributed by atoms with E-state index in [1.807, 2.05) is 24.3 Å². The molecule has 2 rings (SSSR count). The van der Waals surface area contributed by atoms with Crippen LogP contribution in [0.1, 0.15) is 18.6 Å². The van der Waals surface area contributed by atoms with E-state index in [1.165, 1.54) is 5.56 Å². The molecule has 76 valence electrons. The van der Waals surface area contributed by atoms with Crippen molar-refractivity contribution in [3.8, 4) is 0 Å². The van der Waals surface area contributed by atoms with Crippen LogP contribution in [-0.4, -0.2) is 19.2 Å². The first-order valence-electron chi connectivity index (χ1n) is 4.88. The molecule has 1 fully saturated rings. The molecular formula is C11H14ClNO. The van der Waals surface area contributed by atoms with Crippen molar-refractivity contribution in [2.45, 2.75) is 19.1 Å². The van der Waals surface area contributed by atoms with E-state index in [2.05, 4.69) is 12.2 Å². The van der Waals surface area contributed by atoms with Gasteiger partial charge in [0.05, 0.1) is 12.7 Å². The number of hydrogen-bond donors (Lipinski definition) is 1. The molecule has 0 spiro atoms. The van der Waals surface area contributed by atoms with E-state index in [1.54, 1.807) is 0 Å². The van der Waals surface area contributed by atoms with Crippen molar-refractivity contribution < 1.29 is 4.74 Å². The van der Waals surface area contributed by atoms with Gasteiger partial charge in [0.15, 0.2) is 0 Å². The van der Waals surface area contributed by atoms with Crippen molar-refractivity contribution in [3.05, 3.63) is 34.9 Å². The molecule has 0 unspecified atom stereocenters. The molecule has 1 aliphatic heterocycles. The Morgan fingerprint density at radius 1 is 1.36 bits per heavy atom. The minimum Gasteiger partial charge on any atom is -0.371 e. The number of ether oxygens (including phenoxy) is 1. The summed E-state index contributed by atoms with van der Waals surface area (Å²) in [5.74, 6) is 0. The van der Waals surface area contributed by atoms with Gasteiger partial charge in [-0.1, -0.05) is 23.7 Å². The Morgan fingerprint density at radius 2 is 2.07 bits per heavy atom. The Hall–Kier alpha value is -0.570. The maximum absolute atomic E-state index is 5.83. The Kier molecular flexibility index (Phi) is 3.06. The zero-order valence-electron chi connectivity index (χ0n) is 8.16. The number of nitrogens with one attached hydrogen (secondary N) is 1. The second-order valence-corrected chi connectivity index (χ2v) is 4.02. The molecule has 0 radical (unpaired) electrons. The summed E-state index contributed by atoms with van der Waals surface area (Å²) in [5, 5.41) is 4.16. The summed E-state index contributed by atoms with van der Waals surface area (Å²) in [6.45, 7) is 3.85. The number of halogens is 1. The third-order valence-corrected chi connectivity index (χ3v) is 2.77. The van der Waals surface area contributed by atoms with Gasteiger partial charge in [0, 0.05) is 17.6 Å². The predicted molar refractivity (Wildman–Crippen MR) is 57.6 cm³/mol. The van der Waals surface area contributed by atoms with Gasteiger partial charge >= 0.3 is 0 Å². The van der Waals surface area contributed by atoms with Crippen LogP contribution in [0.3, 0.4) is 0 Å². The quantitative estimate of drug-likeness (QED) is 0.770. The second kappa shape index (κ2) is 4.30. The summed E-state index contributed by atoms with van der Waals surface area (Å²) in [7, 11) is 0. The zero-order valence-corrected chi connectivity index (χ0v) is 8.92. The summed E-state index contributed by atoms with van der Waals surface area (Å²) in [6.07, 6.45) is 0.154. The predicted octanol–water partition coefficient (Wildman–Crippen LogP) is 2.39. The smallest absolute Gasteiger partial charge is 0.0975 e. The maximum Gasteiger partial charge on any atom is 0.0975 e. The van der Waals surface area contributed by atoms with Crippen molar-refractivity contribution in [1.82, 2.24) is 5.32 Å². The number of morpholine rings is 1. The van der Waals surface area contributed by atoms with E-state index in [-0.39, 0.29) is 6.10 Å². The van der Waals surface area contributed by atoms with Crippen LogP contribution in [0.5, 0.6) is 0 Å². The molecule has 0 aliphatic carbocycles. The van der Waals surface area contributed by atoms with Gasteiger partial charge in [-0.25, -0.2) is 0 Å². The molecule has 0 bridgehead atoms. The SMILES string of the molecule is C[C@H]1NCCO[C@H]1c1ccc(Cl)cc1. The molecule has 14 heavy (non-hydrogen) atoms. The summed E-state index contributed by atoms with van der Waals surface area (Å²) in [4.78, 5) is 0. The average molecular weight is 212 g/mol. The Balaban J connectivity index is 2.16. The molecular weight excluding hydrogens is 198 g/mol. The number of benzene rings is 1. The van der Waals surface area contributed by atoms with Crippen LogP contribution in [-0.2, 0) is 4.74 Å². The highest BCUT2D eigenvalue weighted by Crippen LogP contribution is 2.24. The fourth-order valence-corrected chi connectivity index (χ4v) is 1.89. The molecule has 0 aromatic heterocycles. The highest BCUT2D eigenvalue weighted by Gasteiger charge is 2.22. The van der Waals surface area contributed by atoms with E-state index in [0.717, 1.165) is 18.2 Å². The Labute approximate surface area is 89.2 Å². The van der Waals surface area contributed by atoms with Gasteiger partial charge in [-0.05, 0) is 24.6 Å². The van der Waals surface area contributed by atoms with Crippen molar-refractivity contribution in [3.63, 3.8) is 0 Å². The van der Waals surface area contributed by atoms with Crippen LogP contribution in [0.2, 0.25) is 5.02 Å². The lowest BCUT2D eigenvalue weighted by atomic mass is 10.0. The summed E-state index contributed by atoms with van der Waals surface area (Å²) in [6, 6.07) is 8.22. The van der Waals surface area contributed by atoms with E-state index in [4.69, 9.17) is 16.3 Å². The van der Waals surface area contributed by atoms with E-state index in [9.17, 15) is 0 Å². The molecule has 1 heterocycles. The molecule has 1 N–H and O–H groups in total. The topological polar surface area (TPSA) is 21.3 Å². The van der Waals surface area contributed by atoms with Crippen molar-refractivity contribution in [1.29, 1.82) is 0 Å². The minimum atomic E-state index is 0.154. The Bertz CT molecular complexity index is 299. The molecule has 2 nitrogen and oxygen atoms in total. The monoisotopic (exact) mass is 211 g/mol. The van der Waals surface area contributed by atoms with Crippen LogP contribution in [0.15, 0.2) is 24.3 Å². The first-order valence-corrected chi connectivity index (χ1v) is 5.25.